The van der Waals surface area contributed by atoms with Crippen LogP contribution >= 0.6 is 11.3 Å². The van der Waals surface area contributed by atoms with Gasteiger partial charge in [0.2, 0.25) is 0 Å². The third-order valence-electron chi connectivity index (χ3n) is 4.91. The minimum Gasteiger partial charge on any atom is -0.281 e. The van der Waals surface area contributed by atoms with Gasteiger partial charge in [-0.05, 0) is 35.7 Å². The van der Waals surface area contributed by atoms with Crippen LogP contribution in [0.3, 0.4) is 0 Å². The summed E-state index contributed by atoms with van der Waals surface area (Å²) in [5.74, 6) is 0. The second-order valence-electron chi connectivity index (χ2n) is 6.39. The zero-order valence-electron chi connectivity index (χ0n) is 14.0. The maximum atomic E-state index is 4.66. The summed E-state index contributed by atoms with van der Waals surface area (Å²) in [6.45, 7) is 0. The molecule has 4 nitrogen and oxygen atoms in total. The lowest BCUT2D eigenvalue weighted by molar-refractivity contribution is 0.582. The van der Waals surface area contributed by atoms with Gasteiger partial charge in [0.1, 0.15) is 5.69 Å². The number of rotatable bonds is 3. The summed E-state index contributed by atoms with van der Waals surface area (Å²) in [7, 11) is 0. The molecule has 0 amide bonds. The standard InChI is InChI=1S/C21H16N4S/c1-3-10-22-18(5-1)21(19-6-2-4-11-23-19)9-7-16-17(13-21)24-25-20(16)15-8-12-26-14-15/h1-12,14H,13H2,(H,24,25). The van der Waals surface area contributed by atoms with Crippen molar-refractivity contribution in [3.8, 4) is 11.3 Å². The Hall–Kier alpha value is -3.05. The molecule has 26 heavy (non-hydrogen) atoms. The van der Waals surface area contributed by atoms with E-state index in [0.717, 1.165) is 40.3 Å². The largest absolute Gasteiger partial charge is 0.281 e. The van der Waals surface area contributed by atoms with Crippen molar-refractivity contribution in [2.75, 3.05) is 0 Å². The summed E-state index contributed by atoms with van der Waals surface area (Å²) >= 11 is 1.68. The molecule has 0 saturated heterocycles. The second kappa shape index (κ2) is 6.04. The van der Waals surface area contributed by atoms with Crippen LogP contribution in [0.2, 0.25) is 0 Å². The predicted octanol–water partition coefficient (Wildman–Crippen LogP) is 4.48. The molecule has 0 spiro atoms. The third kappa shape index (κ3) is 2.32. The van der Waals surface area contributed by atoms with Gasteiger partial charge in [0, 0.05) is 41.0 Å². The van der Waals surface area contributed by atoms with Crippen molar-refractivity contribution in [1.82, 2.24) is 20.2 Å². The van der Waals surface area contributed by atoms with Gasteiger partial charge < -0.3 is 0 Å². The summed E-state index contributed by atoms with van der Waals surface area (Å²) in [6.07, 6.45) is 8.83. The van der Waals surface area contributed by atoms with Crippen molar-refractivity contribution in [3.05, 3.63) is 94.3 Å². The van der Waals surface area contributed by atoms with Crippen molar-refractivity contribution in [2.24, 2.45) is 0 Å². The molecule has 0 fully saturated rings. The summed E-state index contributed by atoms with van der Waals surface area (Å²) in [4.78, 5) is 9.31. The molecule has 1 aliphatic carbocycles. The van der Waals surface area contributed by atoms with Crippen LogP contribution in [-0.4, -0.2) is 20.2 Å². The monoisotopic (exact) mass is 356 g/mol. The highest BCUT2D eigenvalue weighted by atomic mass is 32.1. The minimum atomic E-state index is -0.395. The SMILES string of the molecule is C1=CC(c2ccccn2)(c2ccccn2)Cc2[nH]nc(-c3ccsc3)c21. The average Bonchev–Trinajstić information content (AvgIpc) is 3.38. The molecule has 4 aromatic rings. The van der Waals surface area contributed by atoms with Crippen LogP contribution in [0.4, 0.5) is 0 Å². The molecular formula is C21H16N4S. The van der Waals surface area contributed by atoms with Crippen molar-refractivity contribution in [1.29, 1.82) is 0 Å². The fourth-order valence-electron chi connectivity index (χ4n) is 3.62. The van der Waals surface area contributed by atoms with E-state index in [1.165, 1.54) is 0 Å². The van der Waals surface area contributed by atoms with E-state index >= 15 is 0 Å². The van der Waals surface area contributed by atoms with Gasteiger partial charge in [-0.3, -0.25) is 15.1 Å². The first-order valence-electron chi connectivity index (χ1n) is 8.49. The molecule has 0 saturated carbocycles. The Morgan fingerprint density at radius 3 is 2.35 bits per heavy atom. The number of aromatic amines is 1. The zero-order chi connectivity index (χ0) is 17.4. The first kappa shape index (κ1) is 15.2. The van der Waals surface area contributed by atoms with E-state index in [4.69, 9.17) is 0 Å². The van der Waals surface area contributed by atoms with Gasteiger partial charge in [0.05, 0.1) is 16.8 Å². The van der Waals surface area contributed by atoms with Gasteiger partial charge in [-0.15, -0.1) is 0 Å². The number of nitrogens with one attached hydrogen (secondary N) is 1. The Morgan fingerprint density at radius 2 is 1.73 bits per heavy atom. The Kier molecular flexibility index (Phi) is 3.53. The lowest BCUT2D eigenvalue weighted by Gasteiger charge is -2.32. The smallest absolute Gasteiger partial charge is 0.100 e. The van der Waals surface area contributed by atoms with Gasteiger partial charge in [-0.25, -0.2) is 0 Å². The molecule has 126 valence electrons. The average molecular weight is 356 g/mol. The van der Waals surface area contributed by atoms with Crippen LogP contribution in [-0.2, 0) is 11.8 Å². The summed E-state index contributed by atoms with van der Waals surface area (Å²) < 4.78 is 0. The second-order valence-corrected chi connectivity index (χ2v) is 7.17. The third-order valence-corrected chi connectivity index (χ3v) is 5.59. The molecule has 0 atom stereocenters. The first-order valence-corrected chi connectivity index (χ1v) is 9.43. The van der Waals surface area contributed by atoms with Gasteiger partial charge in [-0.2, -0.15) is 16.4 Å². The molecule has 0 unspecified atom stereocenters. The van der Waals surface area contributed by atoms with E-state index in [1.807, 2.05) is 36.7 Å². The molecule has 5 rings (SSSR count). The van der Waals surface area contributed by atoms with Gasteiger partial charge >= 0.3 is 0 Å². The number of allylic oxidation sites excluding steroid dienone is 1. The fourth-order valence-corrected chi connectivity index (χ4v) is 4.26. The predicted molar refractivity (Wildman–Crippen MR) is 104 cm³/mol. The van der Waals surface area contributed by atoms with Gasteiger partial charge in [-0.1, -0.05) is 24.3 Å². The van der Waals surface area contributed by atoms with Crippen molar-refractivity contribution in [3.63, 3.8) is 0 Å². The molecule has 4 heterocycles. The van der Waals surface area contributed by atoms with Crippen molar-refractivity contribution in [2.45, 2.75) is 11.8 Å². The van der Waals surface area contributed by atoms with E-state index in [1.54, 1.807) is 11.3 Å². The van der Waals surface area contributed by atoms with E-state index in [0.29, 0.717) is 0 Å². The molecule has 4 aromatic heterocycles. The maximum Gasteiger partial charge on any atom is 0.100 e. The van der Waals surface area contributed by atoms with E-state index < -0.39 is 5.41 Å². The highest BCUT2D eigenvalue weighted by Gasteiger charge is 2.38. The Labute approximate surface area is 155 Å². The Morgan fingerprint density at radius 1 is 0.962 bits per heavy atom. The number of hydrogen-bond donors (Lipinski definition) is 1. The molecule has 0 aromatic carbocycles. The van der Waals surface area contributed by atoms with Crippen LogP contribution in [0.25, 0.3) is 17.3 Å². The minimum absolute atomic E-state index is 0.395. The number of fused-ring (bicyclic) bond motifs is 1. The maximum absolute atomic E-state index is 4.66. The first-order chi connectivity index (χ1) is 12.9. The summed E-state index contributed by atoms with van der Waals surface area (Å²) in [5.41, 5.74) is 6.03. The lowest BCUT2D eigenvalue weighted by atomic mass is 9.72. The van der Waals surface area contributed by atoms with E-state index in [2.05, 4.69) is 61.3 Å². The highest BCUT2D eigenvalue weighted by molar-refractivity contribution is 7.08. The van der Waals surface area contributed by atoms with Gasteiger partial charge in [0.25, 0.3) is 0 Å². The topological polar surface area (TPSA) is 54.5 Å². The number of H-pyrrole nitrogens is 1. The molecule has 0 bridgehead atoms. The van der Waals surface area contributed by atoms with E-state index in [9.17, 15) is 0 Å². The lowest BCUT2D eigenvalue weighted by Crippen LogP contribution is -2.32. The number of nitrogens with zero attached hydrogens (tertiary/aromatic N) is 3. The Balaban J connectivity index is 1.67. The highest BCUT2D eigenvalue weighted by Crippen LogP contribution is 2.41. The number of thiophene rings is 1. The molecule has 5 heteroatoms. The van der Waals surface area contributed by atoms with Gasteiger partial charge in [0.15, 0.2) is 0 Å². The fraction of sp³-hybridized carbons (Fsp3) is 0.0952. The normalized spacial score (nSPS) is 14.9. The van der Waals surface area contributed by atoms with Crippen LogP contribution in [0.5, 0.6) is 0 Å². The summed E-state index contributed by atoms with van der Waals surface area (Å²) in [6, 6.07) is 14.2. The van der Waals surface area contributed by atoms with Crippen LogP contribution in [0.1, 0.15) is 22.6 Å². The zero-order valence-corrected chi connectivity index (χ0v) is 14.8. The number of aromatic nitrogens is 4. The molecular weight excluding hydrogens is 340 g/mol. The quantitative estimate of drug-likeness (QED) is 0.589. The van der Waals surface area contributed by atoms with Crippen LogP contribution < -0.4 is 0 Å². The summed E-state index contributed by atoms with van der Waals surface area (Å²) in [5, 5.41) is 12.0. The number of hydrogen-bond acceptors (Lipinski definition) is 4. The van der Waals surface area contributed by atoms with E-state index in [-0.39, 0.29) is 0 Å². The molecule has 0 aliphatic heterocycles. The molecule has 0 radical (unpaired) electrons. The molecule has 1 aliphatic rings. The van der Waals surface area contributed by atoms with Crippen molar-refractivity contribution >= 4 is 17.4 Å². The van der Waals surface area contributed by atoms with Crippen LogP contribution in [0, 0.1) is 0 Å². The molecule has 1 N–H and O–H groups in total. The Bertz CT molecular complexity index is 1010. The van der Waals surface area contributed by atoms with Crippen molar-refractivity contribution < 1.29 is 0 Å². The van der Waals surface area contributed by atoms with Crippen LogP contribution in [0.15, 0.2) is 71.7 Å². The number of pyridine rings is 2.